The van der Waals surface area contributed by atoms with Gasteiger partial charge in [0.2, 0.25) is 0 Å². The van der Waals surface area contributed by atoms with Gasteiger partial charge in [-0.2, -0.15) is 0 Å². The number of para-hydroxylation sites is 1. The van der Waals surface area contributed by atoms with Gasteiger partial charge in [0.25, 0.3) is 0 Å². The predicted octanol–water partition coefficient (Wildman–Crippen LogP) is 4.10. The molecule has 0 amide bonds. The van der Waals surface area contributed by atoms with Crippen LogP contribution in [0.1, 0.15) is 30.1 Å². The average Bonchev–Trinajstić information content (AvgIpc) is 3.14. The molecule has 0 fully saturated rings. The summed E-state index contributed by atoms with van der Waals surface area (Å²) in [5.41, 5.74) is 0.917. The van der Waals surface area contributed by atoms with Gasteiger partial charge in [-0.05, 0) is 36.9 Å². The molecule has 2 heterocycles. The number of nitrogens with one attached hydrogen (secondary N) is 1. The Morgan fingerprint density at radius 2 is 2.10 bits per heavy atom. The van der Waals surface area contributed by atoms with E-state index in [1.165, 1.54) is 0 Å². The fraction of sp³-hybridized carbons (Fsp3) is 0.294. The van der Waals surface area contributed by atoms with Gasteiger partial charge in [0.15, 0.2) is 0 Å². The fourth-order valence-electron chi connectivity index (χ4n) is 2.41. The first-order valence-corrected chi connectivity index (χ1v) is 8.02. The molecule has 0 spiro atoms. The Labute approximate surface area is 128 Å². The van der Waals surface area contributed by atoms with Crippen molar-refractivity contribution < 1.29 is 9.52 Å². The number of aliphatic hydroxyl groups excluding tert-OH is 1. The number of fused-ring (bicyclic) bond motifs is 1. The van der Waals surface area contributed by atoms with Crippen LogP contribution in [0, 0.1) is 0 Å². The third kappa shape index (κ3) is 3.53. The number of furan rings is 1. The van der Waals surface area contributed by atoms with Crippen LogP contribution in [0.2, 0.25) is 0 Å². The maximum Gasteiger partial charge on any atom is 0.134 e. The topological polar surface area (TPSA) is 45.4 Å². The minimum absolute atomic E-state index is 0.218. The van der Waals surface area contributed by atoms with Gasteiger partial charge in [0, 0.05) is 16.3 Å². The van der Waals surface area contributed by atoms with E-state index in [2.05, 4.69) is 18.3 Å². The lowest BCUT2D eigenvalue weighted by atomic mass is 10.1. The van der Waals surface area contributed by atoms with Crippen LogP contribution >= 0.6 is 11.3 Å². The van der Waals surface area contributed by atoms with Crippen LogP contribution in [-0.2, 0) is 6.54 Å². The Balaban J connectivity index is 1.54. The molecule has 2 atom stereocenters. The van der Waals surface area contributed by atoms with Crippen molar-refractivity contribution in [1.82, 2.24) is 5.32 Å². The summed E-state index contributed by atoms with van der Waals surface area (Å²) in [5.74, 6) is 0.925. The first kappa shape index (κ1) is 14.3. The van der Waals surface area contributed by atoms with Gasteiger partial charge in [0.1, 0.15) is 11.3 Å². The third-order valence-electron chi connectivity index (χ3n) is 3.55. The Morgan fingerprint density at radius 3 is 2.86 bits per heavy atom. The van der Waals surface area contributed by atoms with Gasteiger partial charge in [-0.3, -0.25) is 0 Å². The minimum atomic E-state index is -0.400. The number of thiophene rings is 1. The molecule has 0 aliphatic carbocycles. The normalized spacial score (nSPS) is 14.4. The molecule has 0 aliphatic rings. The van der Waals surface area contributed by atoms with Crippen molar-refractivity contribution in [2.24, 2.45) is 0 Å². The zero-order valence-electron chi connectivity index (χ0n) is 12.0. The Bertz CT molecular complexity index is 657. The van der Waals surface area contributed by atoms with Crippen LogP contribution in [0.5, 0.6) is 0 Å². The number of hydrogen-bond acceptors (Lipinski definition) is 4. The first-order valence-electron chi connectivity index (χ1n) is 7.14. The summed E-state index contributed by atoms with van der Waals surface area (Å²) in [4.78, 5) is 1.02. The van der Waals surface area contributed by atoms with E-state index in [-0.39, 0.29) is 6.04 Å². The molecule has 0 saturated carbocycles. The minimum Gasteiger partial charge on any atom is -0.460 e. The fourth-order valence-corrected chi connectivity index (χ4v) is 3.14. The molecule has 1 aromatic carbocycles. The standard InChI is InChI=1S/C17H19NO2S/c1-12(9-15(19)17-7-4-8-21-17)18-11-14-10-13-5-2-3-6-16(13)20-14/h2-8,10,12,15,18-19H,9,11H2,1H3. The van der Waals surface area contributed by atoms with Gasteiger partial charge in [-0.25, -0.2) is 0 Å². The third-order valence-corrected chi connectivity index (χ3v) is 4.52. The summed E-state index contributed by atoms with van der Waals surface area (Å²) >= 11 is 1.59. The summed E-state index contributed by atoms with van der Waals surface area (Å²) in [6, 6.07) is 14.2. The highest BCUT2D eigenvalue weighted by atomic mass is 32.1. The second-order valence-electron chi connectivity index (χ2n) is 5.30. The summed E-state index contributed by atoms with van der Waals surface area (Å²) in [5, 5.41) is 16.7. The molecule has 2 N–H and O–H groups in total. The van der Waals surface area contributed by atoms with Crippen LogP contribution in [0.4, 0.5) is 0 Å². The van der Waals surface area contributed by atoms with E-state index in [0.29, 0.717) is 13.0 Å². The monoisotopic (exact) mass is 301 g/mol. The molecule has 0 saturated heterocycles. The van der Waals surface area contributed by atoms with E-state index in [1.54, 1.807) is 11.3 Å². The van der Waals surface area contributed by atoms with E-state index < -0.39 is 6.10 Å². The maximum atomic E-state index is 10.1. The van der Waals surface area contributed by atoms with Crippen LogP contribution in [0.3, 0.4) is 0 Å². The summed E-state index contributed by atoms with van der Waals surface area (Å²) < 4.78 is 5.77. The van der Waals surface area contributed by atoms with Crippen molar-refractivity contribution in [2.75, 3.05) is 0 Å². The average molecular weight is 301 g/mol. The molecule has 110 valence electrons. The summed E-state index contributed by atoms with van der Waals surface area (Å²) in [6.45, 7) is 2.76. The van der Waals surface area contributed by atoms with E-state index >= 15 is 0 Å². The smallest absolute Gasteiger partial charge is 0.134 e. The molecular formula is C17H19NO2S. The van der Waals surface area contributed by atoms with Crippen molar-refractivity contribution in [3.8, 4) is 0 Å². The molecule has 3 aromatic rings. The molecular weight excluding hydrogens is 282 g/mol. The van der Waals surface area contributed by atoms with E-state index in [9.17, 15) is 5.11 Å². The lowest BCUT2D eigenvalue weighted by molar-refractivity contribution is 0.157. The predicted molar refractivity (Wildman–Crippen MR) is 86.4 cm³/mol. The number of benzene rings is 1. The summed E-state index contributed by atoms with van der Waals surface area (Å²) in [7, 11) is 0. The Kier molecular flexibility index (Phi) is 4.39. The number of aliphatic hydroxyl groups is 1. The van der Waals surface area contributed by atoms with Gasteiger partial charge >= 0.3 is 0 Å². The quantitative estimate of drug-likeness (QED) is 0.720. The van der Waals surface area contributed by atoms with Crippen molar-refractivity contribution in [2.45, 2.75) is 32.0 Å². The van der Waals surface area contributed by atoms with Gasteiger partial charge < -0.3 is 14.8 Å². The lowest BCUT2D eigenvalue weighted by Crippen LogP contribution is -2.27. The SMILES string of the molecule is CC(CC(O)c1cccs1)NCc1cc2ccccc2o1. The molecule has 3 nitrogen and oxygen atoms in total. The second-order valence-corrected chi connectivity index (χ2v) is 6.28. The maximum absolute atomic E-state index is 10.1. The Hall–Kier alpha value is -1.62. The molecule has 0 aliphatic heterocycles. The largest absolute Gasteiger partial charge is 0.460 e. The number of hydrogen-bond donors (Lipinski definition) is 2. The summed E-state index contributed by atoms with van der Waals surface area (Å²) in [6.07, 6.45) is 0.295. The van der Waals surface area contributed by atoms with Crippen molar-refractivity contribution in [3.63, 3.8) is 0 Å². The molecule has 2 unspecified atom stereocenters. The first-order chi connectivity index (χ1) is 10.2. The van der Waals surface area contributed by atoms with Crippen LogP contribution in [0.15, 0.2) is 52.3 Å². The molecule has 4 heteroatoms. The van der Waals surface area contributed by atoms with E-state index in [4.69, 9.17) is 4.42 Å². The van der Waals surface area contributed by atoms with Crippen LogP contribution in [-0.4, -0.2) is 11.1 Å². The Morgan fingerprint density at radius 1 is 1.24 bits per heavy atom. The van der Waals surface area contributed by atoms with Crippen molar-refractivity contribution in [3.05, 3.63) is 58.5 Å². The molecule has 3 rings (SSSR count). The second kappa shape index (κ2) is 6.43. The zero-order valence-corrected chi connectivity index (χ0v) is 12.8. The number of rotatable bonds is 6. The van der Waals surface area contributed by atoms with E-state index in [1.807, 2.05) is 41.8 Å². The van der Waals surface area contributed by atoms with Crippen molar-refractivity contribution >= 4 is 22.3 Å². The highest BCUT2D eigenvalue weighted by Gasteiger charge is 2.13. The molecule has 21 heavy (non-hydrogen) atoms. The molecule has 0 radical (unpaired) electrons. The highest BCUT2D eigenvalue weighted by Crippen LogP contribution is 2.23. The van der Waals surface area contributed by atoms with Gasteiger partial charge in [-0.15, -0.1) is 11.3 Å². The molecule has 0 bridgehead atoms. The van der Waals surface area contributed by atoms with Crippen molar-refractivity contribution in [1.29, 1.82) is 0 Å². The van der Waals surface area contributed by atoms with Crippen LogP contribution < -0.4 is 5.32 Å². The highest BCUT2D eigenvalue weighted by molar-refractivity contribution is 7.10. The van der Waals surface area contributed by atoms with Gasteiger partial charge in [-0.1, -0.05) is 24.3 Å². The zero-order chi connectivity index (χ0) is 14.7. The van der Waals surface area contributed by atoms with Gasteiger partial charge in [0.05, 0.1) is 12.6 Å². The molecule has 2 aromatic heterocycles. The van der Waals surface area contributed by atoms with E-state index in [0.717, 1.165) is 21.6 Å². The lowest BCUT2D eigenvalue weighted by Gasteiger charge is -2.16. The van der Waals surface area contributed by atoms with Crippen LogP contribution in [0.25, 0.3) is 11.0 Å².